The Bertz CT molecular complexity index is 561. The van der Waals surface area contributed by atoms with Gasteiger partial charge in [0.1, 0.15) is 5.82 Å². The van der Waals surface area contributed by atoms with Crippen LogP contribution in [-0.4, -0.2) is 54.9 Å². The lowest BCUT2D eigenvalue weighted by Crippen LogP contribution is -2.49. The first-order chi connectivity index (χ1) is 8.84. The van der Waals surface area contributed by atoms with Crippen molar-refractivity contribution in [1.82, 2.24) is 14.1 Å². The lowest BCUT2D eigenvalue weighted by molar-refractivity contribution is 0.385. The highest BCUT2D eigenvalue weighted by atomic mass is 35.5. The molecule has 8 heteroatoms. The normalized spacial score (nSPS) is 18.0. The molecule has 6 nitrogen and oxygen atoms in total. The summed E-state index contributed by atoms with van der Waals surface area (Å²) in [6, 6.07) is 0. The number of rotatable bonds is 3. The van der Waals surface area contributed by atoms with Crippen LogP contribution in [0.15, 0.2) is 0 Å². The van der Waals surface area contributed by atoms with Gasteiger partial charge in [-0.25, -0.2) is 8.42 Å². The van der Waals surface area contributed by atoms with Crippen LogP contribution < -0.4 is 4.90 Å². The van der Waals surface area contributed by atoms with Crippen LogP contribution >= 0.6 is 11.6 Å². The molecule has 0 N–H and O–H groups in total. The molecule has 1 aliphatic heterocycles. The number of anilines is 1. The fraction of sp³-hybridized carbons (Fsp3) is 0.727. The Labute approximate surface area is 119 Å². The molecule has 1 aromatic heterocycles. The van der Waals surface area contributed by atoms with E-state index in [0.717, 1.165) is 17.1 Å². The van der Waals surface area contributed by atoms with Crippen molar-refractivity contribution < 1.29 is 8.42 Å². The maximum Gasteiger partial charge on any atom is 0.211 e. The molecule has 0 radical (unpaired) electrons. The molecule has 0 bridgehead atoms. The van der Waals surface area contributed by atoms with E-state index in [1.807, 2.05) is 18.7 Å². The first-order valence-corrected chi connectivity index (χ1v) is 8.51. The molecular formula is C11H19ClN4O2S. The van der Waals surface area contributed by atoms with Crippen LogP contribution in [0.25, 0.3) is 0 Å². The predicted octanol–water partition coefficient (Wildman–Crippen LogP) is 0.549. The summed E-state index contributed by atoms with van der Waals surface area (Å²) in [5.41, 5.74) is 1.95. The molecule has 0 amide bonds. The van der Waals surface area contributed by atoms with E-state index in [0.29, 0.717) is 32.1 Å². The molecule has 2 heterocycles. The number of piperazine rings is 1. The average molecular weight is 307 g/mol. The van der Waals surface area contributed by atoms with Gasteiger partial charge in [-0.2, -0.15) is 9.40 Å². The number of hydrogen-bond donors (Lipinski definition) is 0. The van der Waals surface area contributed by atoms with E-state index < -0.39 is 10.0 Å². The predicted molar refractivity (Wildman–Crippen MR) is 76.1 cm³/mol. The molecular weight excluding hydrogens is 288 g/mol. The SMILES string of the molecule is Cc1nn(C)c(N2CCN(S(C)(=O)=O)CC2)c1CCl. The number of halogens is 1. The Morgan fingerprint density at radius 3 is 2.32 bits per heavy atom. The molecule has 0 saturated carbocycles. The van der Waals surface area contributed by atoms with E-state index in [2.05, 4.69) is 10.00 Å². The Morgan fingerprint density at radius 1 is 1.26 bits per heavy atom. The molecule has 0 aromatic carbocycles. The molecule has 1 aliphatic rings. The number of nitrogens with zero attached hydrogens (tertiary/aromatic N) is 4. The fourth-order valence-corrected chi connectivity index (χ4v) is 3.61. The molecule has 1 fully saturated rings. The maximum atomic E-state index is 11.5. The zero-order chi connectivity index (χ0) is 14.2. The van der Waals surface area contributed by atoms with Gasteiger partial charge in [-0.15, -0.1) is 11.6 Å². The Hall–Kier alpha value is -0.790. The first-order valence-electron chi connectivity index (χ1n) is 6.13. The van der Waals surface area contributed by atoms with Crippen molar-refractivity contribution in [2.45, 2.75) is 12.8 Å². The molecule has 0 unspecified atom stereocenters. The fourth-order valence-electron chi connectivity index (χ4n) is 2.47. The number of alkyl halides is 1. The topological polar surface area (TPSA) is 58.4 Å². The van der Waals surface area contributed by atoms with Crippen molar-refractivity contribution in [2.75, 3.05) is 37.3 Å². The first kappa shape index (κ1) is 14.6. The van der Waals surface area contributed by atoms with Gasteiger partial charge in [0, 0.05) is 38.8 Å². The minimum atomic E-state index is -3.09. The van der Waals surface area contributed by atoms with E-state index in [1.165, 1.54) is 10.6 Å². The summed E-state index contributed by atoms with van der Waals surface area (Å²) in [7, 11) is -1.20. The van der Waals surface area contributed by atoms with Gasteiger partial charge in [-0.05, 0) is 6.92 Å². The van der Waals surface area contributed by atoms with Crippen LogP contribution in [0.1, 0.15) is 11.3 Å². The summed E-state index contributed by atoms with van der Waals surface area (Å²) in [5, 5.41) is 4.38. The summed E-state index contributed by atoms with van der Waals surface area (Å²) in [4.78, 5) is 2.15. The van der Waals surface area contributed by atoms with Crippen molar-refractivity contribution in [3.8, 4) is 0 Å². The summed E-state index contributed by atoms with van der Waals surface area (Å²) in [6.45, 7) is 4.27. The van der Waals surface area contributed by atoms with Gasteiger partial charge in [0.2, 0.25) is 10.0 Å². The third-order valence-corrected chi connectivity index (χ3v) is 5.02. The molecule has 108 valence electrons. The van der Waals surface area contributed by atoms with E-state index in [1.54, 1.807) is 0 Å². The molecule has 19 heavy (non-hydrogen) atoms. The van der Waals surface area contributed by atoms with Crippen molar-refractivity contribution in [3.05, 3.63) is 11.3 Å². The molecule has 2 rings (SSSR count). The highest BCUT2D eigenvalue weighted by Crippen LogP contribution is 2.26. The van der Waals surface area contributed by atoms with Crippen molar-refractivity contribution in [1.29, 1.82) is 0 Å². The van der Waals surface area contributed by atoms with E-state index in [4.69, 9.17) is 11.6 Å². The van der Waals surface area contributed by atoms with Gasteiger partial charge in [0.05, 0.1) is 17.8 Å². The number of aromatic nitrogens is 2. The Kier molecular flexibility index (Phi) is 4.08. The summed E-state index contributed by atoms with van der Waals surface area (Å²) >= 11 is 5.98. The Balaban J connectivity index is 2.18. The molecule has 1 saturated heterocycles. The third-order valence-electron chi connectivity index (χ3n) is 3.45. The standard InChI is InChI=1S/C11H19ClN4O2S/c1-9-10(8-12)11(14(2)13-9)15-4-6-16(7-5-15)19(3,17)18/h4-8H2,1-3H3. The zero-order valence-corrected chi connectivity index (χ0v) is 13.0. The molecule has 1 aromatic rings. The maximum absolute atomic E-state index is 11.5. The monoisotopic (exact) mass is 306 g/mol. The van der Waals surface area contributed by atoms with E-state index >= 15 is 0 Å². The minimum absolute atomic E-state index is 0.418. The second kappa shape index (κ2) is 5.30. The highest BCUT2D eigenvalue weighted by molar-refractivity contribution is 7.88. The average Bonchev–Trinajstić information content (AvgIpc) is 2.62. The largest absolute Gasteiger partial charge is 0.354 e. The number of sulfonamides is 1. The third kappa shape index (κ3) is 2.88. The smallest absolute Gasteiger partial charge is 0.211 e. The Morgan fingerprint density at radius 2 is 1.84 bits per heavy atom. The van der Waals surface area contributed by atoms with Gasteiger partial charge in [-0.1, -0.05) is 0 Å². The van der Waals surface area contributed by atoms with Crippen molar-refractivity contribution in [3.63, 3.8) is 0 Å². The molecule has 0 aliphatic carbocycles. The van der Waals surface area contributed by atoms with Crippen LogP contribution in [0.2, 0.25) is 0 Å². The van der Waals surface area contributed by atoms with Crippen LogP contribution in [0.3, 0.4) is 0 Å². The van der Waals surface area contributed by atoms with Crippen LogP contribution in [0, 0.1) is 6.92 Å². The van der Waals surface area contributed by atoms with Crippen LogP contribution in [0.5, 0.6) is 0 Å². The van der Waals surface area contributed by atoms with E-state index in [-0.39, 0.29) is 0 Å². The van der Waals surface area contributed by atoms with Gasteiger partial charge in [-0.3, -0.25) is 4.68 Å². The second-order valence-electron chi connectivity index (χ2n) is 4.79. The molecule has 0 spiro atoms. The quantitative estimate of drug-likeness (QED) is 0.765. The second-order valence-corrected chi connectivity index (χ2v) is 7.04. The zero-order valence-electron chi connectivity index (χ0n) is 11.4. The van der Waals surface area contributed by atoms with Crippen molar-refractivity contribution >= 4 is 27.4 Å². The summed E-state index contributed by atoms with van der Waals surface area (Å²) in [5.74, 6) is 1.42. The van der Waals surface area contributed by atoms with Gasteiger partial charge < -0.3 is 4.90 Å². The lowest BCUT2D eigenvalue weighted by Gasteiger charge is -2.34. The highest BCUT2D eigenvalue weighted by Gasteiger charge is 2.26. The summed E-state index contributed by atoms with van der Waals surface area (Å²) in [6.07, 6.45) is 1.25. The lowest BCUT2D eigenvalue weighted by atomic mass is 10.2. The summed E-state index contributed by atoms with van der Waals surface area (Å²) < 4.78 is 26.3. The van der Waals surface area contributed by atoms with Gasteiger partial charge >= 0.3 is 0 Å². The van der Waals surface area contributed by atoms with Crippen LogP contribution in [-0.2, 0) is 23.0 Å². The van der Waals surface area contributed by atoms with Crippen LogP contribution in [0.4, 0.5) is 5.82 Å². The number of aryl methyl sites for hydroxylation is 2. The molecule has 0 atom stereocenters. The minimum Gasteiger partial charge on any atom is -0.354 e. The van der Waals surface area contributed by atoms with E-state index in [9.17, 15) is 8.42 Å². The van der Waals surface area contributed by atoms with Crippen molar-refractivity contribution in [2.24, 2.45) is 7.05 Å². The van der Waals surface area contributed by atoms with Gasteiger partial charge in [0.25, 0.3) is 0 Å². The van der Waals surface area contributed by atoms with Gasteiger partial charge in [0.15, 0.2) is 0 Å². The number of hydrogen-bond acceptors (Lipinski definition) is 4.